The first-order valence-electron chi connectivity index (χ1n) is 13.4. The molecule has 3 fully saturated rings. The average molecular weight is 540 g/mol. The van der Waals surface area contributed by atoms with Gasteiger partial charge in [0.2, 0.25) is 17.7 Å². The summed E-state index contributed by atoms with van der Waals surface area (Å²) in [6.45, 7) is 2.40. The third-order valence-corrected chi connectivity index (χ3v) is 8.67. The lowest BCUT2D eigenvalue weighted by Gasteiger charge is -2.34. The van der Waals surface area contributed by atoms with Crippen LogP contribution in [0.15, 0.2) is 54.6 Å². The van der Waals surface area contributed by atoms with E-state index in [1.807, 2.05) is 37.3 Å². The third kappa shape index (κ3) is 4.48. The molecule has 5 atom stereocenters. The van der Waals surface area contributed by atoms with Crippen LogP contribution in [-0.4, -0.2) is 58.1 Å². The SMILES string of the molecule is CC[C@@]12CCC3(O1)C(C(=O)Nc1ccc(Cl)cc1)N(CCCCCO)C(=O)[C@@H]3[C@@H]2C(=O)Nc1ccccc1. The Morgan fingerprint density at radius 2 is 1.68 bits per heavy atom. The Morgan fingerprint density at radius 3 is 2.37 bits per heavy atom. The van der Waals surface area contributed by atoms with E-state index in [0.29, 0.717) is 55.0 Å². The smallest absolute Gasteiger partial charge is 0.250 e. The van der Waals surface area contributed by atoms with Gasteiger partial charge in [0.25, 0.3) is 0 Å². The van der Waals surface area contributed by atoms with Gasteiger partial charge < -0.3 is 25.4 Å². The number of rotatable bonds is 10. The number of ether oxygens (including phenoxy) is 1. The van der Waals surface area contributed by atoms with Gasteiger partial charge >= 0.3 is 0 Å². The number of benzene rings is 2. The standard InChI is InChI=1S/C29H34ClN3O5/c1-2-28-15-16-29(38-28)23(22(28)25(35)31-20-9-5-3-6-10-20)27(37)33(17-7-4-8-18-34)24(29)26(36)32-21-13-11-19(30)12-14-21/h3,5-6,9-14,22-24,34H,2,4,7-8,15-18H2,1H3,(H,31,35)(H,32,36)/t22-,23+,24?,28+,29?/m1/s1. The molecule has 3 amide bonds. The van der Waals surface area contributed by atoms with E-state index >= 15 is 0 Å². The Labute approximate surface area is 227 Å². The molecule has 5 rings (SSSR count). The number of unbranched alkanes of at least 4 members (excludes halogenated alkanes) is 2. The average Bonchev–Trinajstić information content (AvgIpc) is 3.52. The van der Waals surface area contributed by atoms with Crippen molar-refractivity contribution in [1.29, 1.82) is 0 Å². The lowest BCUT2D eigenvalue weighted by molar-refractivity contribution is -0.144. The number of carbonyl (C=O) groups is 3. The highest BCUT2D eigenvalue weighted by atomic mass is 35.5. The number of hydrogen-bond acceptors (Lipinski definition) is 5. The summed E-state index contributed by atoms with van der Waals surface area (Å²) in [5, 5.41) is 15.7. The fraction of sp³-hybridized carbons (Fsp3) is 0.483. The minimum absolute atomic E-state index is 0.0743. The van der Waals surface area contributed by atoms with E-state index in [2.05, 4.69) is 10.6 Å². The Balaban J connectivity index is 1.49. The molecule has 3 aliphatic rings. The Hall–Kier alpha value is -2.94. The van der Waals surface area contributed by atoms with Crippen LogP contribution in [0.25, 0.3) is 0 Å². The van der Waals surface area contributed by atoms with Crippen LogP contribution in [0, 0.1) is 11.8 Å². The quantitative estimate of drug-likeness (QED) is 0.391. The van der Waals surface area contributed by atoms with E-state index in [0.717, 1.165) is 6.42 Å². The zero-order valence-electron chi connectivity index (χ0n) is 21.5. The zero-order chi connectivity index (χ0) is 26.9. The minimum Gasteiger partial charge on any atom is -0.396 e. The molecule has 0 aromatic heterocycles. The van der Waals surface area contributed by atoms with Crippen molar-refractivity contribution in [2.45, 2.75) is 62.7 Å². The van der Waals surface area contributed by atoms with Crippen molar-refractivity contribution in [2.75, 3.05) is 23.8 Å². The monoisotopic (exact) mass is 539 g/mol. The molecule has 9 heteroatoms. The zero-order valence-corrected chi connectivity index (χ0v) is 22.2. The van der Waals surface area contributed by atoms with Crippen LogP contribution in [0.4, 0.5) is 11.4 Å². The fourth-order valence-electron chi connectivity index (χ4n) is 6.71. The molecule has 3 heterocycles. The van der Waals surface area contributed by atoms with Crippen LogP contribution in [-0.2, 0) is 19.1 Å². The molecule has 3 aliphatic heterocycles. The van der Waals surface area contributed by atoms with Crippen molar-refractivity contribution < 1.29 is 24.2 Å². The van der Waals surface area contributed by atoms with Crippen LogP contribution >= 0.6 is 11.6 Å². The number of nitrogens with zero attached hydrogens (tertiary/aromatic N) is 1. The molecule has 2 unspecified atom stereocenters. The summed E-state index contributed by atoms with van der Waals surface area (Å²) in [6, 6.07) is 15.1. The van der Waals surface area contributed by atoms with Gasteiger partial charge in [0.1, 0.15) is 11.6 Å². The summed E-state index contributed by atoms with van der Waals surface area (Å²) in [5.74, 6) is -2.26. The summed E-state index contributed by atoms with van der Waals surface area (Å²) in [6.07, 6.45) is 3.67. The van der Waals surface area contributed by atoms with Crippen LogP contribution in [0.5, 0.6) is 0 Å². The number of nitrogens with one attached hydrogen (secondary N) is 2. The molecule has 202 valence electrons. The van der Waals surface area contributed by atoms with Crippen molar-refractivity contribution in [1.82, 2.24) is 4.90 Å². The highest BCUT2D eigenvalue weighted by Crippen LogP contribution is 2.64. The van der Waals surface area contributed by atoms with Crippen LogP contribution in [0.1, 0.15) is 45.4 Å². The van der Waals surface area contributed by atoms with E-state index in [-0.39, 0.29) is 24.3 Å². The molecular weight excluding hydrogens is 506 g/mol. The van der Waals surface area contributed by atoms with E-state index in [4.69, 9.17) is 16.3 Å². The number of para-hydroxylation sites is 1. The van der Waals surface area contributed by atoms with E-state index < -0.39 is 29.1 Å². The predicted octanol–water partition coefficient (Wildman–Crippen LogP) is 4.23. The maximum Gasteiger partial charge on any atom is 0.250 e. The van der Waals surface area contributed by atoms with Gasteiger partial charge in [-0.25, -0.2) is 0 Å². The second-order valence-corrected chi connectivity index (χ2v) is 10.9. The number of aliphatic hydroxyl groups is 1. The minimum atomic E-state index is -1.08. The van der Waals surface area contributed by atoms with Gasteiger partial charge in [-0.1, -0.05) is 36.7 Å². The molecule has 1 spiro atoms. The summed E-state index contributed by atoms with van der Waals surface area (Å²) >= 11 is 6.02. The number of fused-ring (bicyclic) bond motifs is 1. The lowest BCUT2D eigenvalue weighted by atomic mass is 9.65. The van der Waals surface area contributed by atoms with Crippen LogP contribution < -0.4 is 10.6 Å². The van der Waals surface area contributed by atoms with E-state index in [9.17, 15) is 19.5 Å². The number of halogens is 1. The van der Waals surface area contributed by atoms with Crippen molar-refractivity contribution >= 4 is 40.7 Å². The summed E-state index contributed by atoms with van der Waals surface area (Å²) in [4.78, 5) is 43.3. The second-order valence-electron chi connectivity index (χ2n) is 10.5. The summed E-state index contributed by atoms with van der Waals surface area (Å²) < 4.78 is 6.77. The number of anilines is 2. The van der Waals surface area contributed by atoms with Crippen molar-refractivity contribution in [2.24, 2.45) is 11.8 Å². The highest BCUT2D eigenvalue weighted by molar-refractivity contribution is 6.30. The van der Waals surface area contributed by atoms with Crippen molar-refractivity contribution in [3.05, 3.63) is 59.6 Å². The number of carbonyl (C=O) groups excluding carboxylic acids is 3. The van der Waals surface area contributed by atoms with Crippen LogP contribution in [0.2, 0.25) is 5.02 Å². The van der Waals surface area contributed by atoms with Crippen molar-refractivity contribution in [3.63, 3.8) is 0 Å². The third-order valence-electron chi connectivity index (χ3n) is 8.42. The molecule has 3 N–H and O–H groups in total. The molecule has 38 heavy (non-hydrogen) atoms. The molecule has 3 saturated heterocycles. The number of likely N-dealkylation sites (tertiary alicyclic amines) is 1. The normalized spacial score (nSPS) is 29.4. The maximum absolute atomic E-state index is 14.1. The summed E-state index contributed by atoms with van der Waals surface area (Å²) in [5.41, 5.74) is -0.660. The molecule has 0 radical (unpaired) electrons. The van der Waals surface area contributed by atoms with Gasteiger partial charge in [-0.05, 0) is 74.9 Å². The van der Waals surface area contributed by atoms with Gasteiger partial charge in [0.15, 0.2) is 0 Å². The first kappa shape index (κ1) is 26.7. The molecule has 0 aliphatic carbocycles. The largest absolute Gasteiger partial charge is 0.396 e. The molecule has 2 bridgehead atoms. The Morgan fingerprint density at radius 1 is 1.00 bits per heavy atom. The Bertz CT molecular complexity index is 1190. The van der Waals surface area contributed by atoms with Gasteiger partial charge in [0, 0.05) is 29.5 Å². The van der Waals surface area contributed by atoms with Crippen molar-refractivity contribution in [3.8, 4) is 0 Å². The maximum atomic E-state index is 14.1. The topological polar surface area (TPSA) is 108 Å². The second kappa shape index (κ2) is 10.7. The predicted molar refractivity (Wildman–Crippen MR) is 145 cm³/mol. The molecular formula is C29H34ClN3O5. The first-order valence-corrected chi connectivity index (χ1v) is 13.8. The number of aliphatic hydroxyl groups excluding tert-OH is 1. The Kier molecular flexibility index (Phi) is 7.49. The fourth-order valence-corrected chi connectivity index (χ4v) is 6.84. The van der Waals surface area contributed by atoms with E-state index in [1.165, 1.54) is 0 Å². The summed E-state index contributed by atoms with van der Waals surface area (Å²) in [7, 11) is 0. The number of amides is 3. The highest BCUT2D eigenvalue weighted by Gasteiger charge is 2.78. The van der Waals surface area contributed by atoms with Gasteiger partial charge in [0.05, 0.1) is 17.4 Å². The first-order chi connectivity index (χ1) is 18.3. The van der Waals surface area contributed by atoms with Gasteiger partial charge in [-0.15, -0.1) is 0 Å². The van der Waals surface area contributed by atoms with Crippen LogP contribution in [0.3, 0.4) is 0 Å². The van der Waals surface area contributed by atoms with Gasteiger partial charge in [-0.2, -0.15) is 0 Å². The van der Waals surface area contributed by atoms with Gasteiger partial charge in [-0.3, -0.25) is 14.4 Å². The molecule has 0 saturated carbocycles. The van der Waals surface area contributed by atoms with E-state index in [1.54, 1.807) is 29.2 Å². The molecule has 2 aromatic carbocycles. The lowest BCUT2D eigenvalue weighted by Crippen LogP contribution is -2.53. The molecule has 2 aromatic rings. The molecule has 8 nitrogen and oxygen atoms in total. The number of hydrogen-bond donors (Lipinski definition) is 3.